The van der Waals surface area contributed by atoms with Gasteiger partial charge in [-0.05, 0) is 19.4 Å². The van der Waals surface area contributed by atoms with Gasteiger partial charge in [0.2, 0.25) is 0 Å². The Labute approximate surface area is 90.3 Å². The first-order valence-corrected chi connectivity index (χ1v) is 5.16. The second-order valence-electron chi connectivity index (χ2n) is 3.81. The van der Waals surface area contributed by atoms with Crippen molar-refractivity contribution in [1.82, 2.24) is 0 Å². The summed E-state index contributed by atoms with van der Waals surface area (Å²) in [5.74, 6) is -0.0701. The average molecular weight is 204 g/mol. The van der Waals surface area contributed by atoms with E-state index in [9.17, 15) is 9.59 Å². The summed E-state index contributed by atoms with van der Waals surface area (Å²) in [5, 5.41) is 0. The Morgan fingerprint density at radius 1 is 1.20 bits per heavy atom. The number of carbonyl (C=O) groups is 2. The summed E-state index contributed by atoms with van der Waals surface area (Å²) in [6.07, 6.45) is 0.455. The molecule has 0 aliphatic carbocycles. The van der Waals surface area contributed by atoms with Crippen molar-refractivity contribution in [2.75, 3.05) is 0 Å². The third kappa shape index (κ3) is 3.01. The van der Waals surface area contributed by atoms with Crippen LogP contribution in [0.25, 0.3) is 0 Å². The van der Waals surface area contributed by atoms with Crippen LogP contribution in [0.1, 0.15) is 41.3 Å². The highest BCUT2D eigenvalue weighted by Crippen LogP contribution is 2.13. The van der Waals surface area contributed by atoms with Gasteiger partial charge < -0.3 is 0 Å². The van der Waals surface area contributed by atoms with Crippen LogP contribution in [0.2, 0.25) is 0 Å². The molecule has 2 heteroatoms. The minimum Gasteiger partial charge on any atom is -0.299 e. The lowest BCUT2D eigenvalue weighted by Gasteiger charge is -2.04. The van der Waals surface area contributed by atoms with Gasteiger partial charge in [0.05, 0.1) is 6.42 Å². The molecule has 1 rings (SSSR count). The smallest absolute Gasteiger partial charge is 0.170 e. The second-order valence-corrected chi connectivity index (χ2v) is 3.81. The van der Waals surface area contributed by atoms with Crippen LogP contribution >= 0.6 is 0 Å². The molecule has 0 saturated carbocycles. The van der Waals surface area contributed by atoms with Gasteiger partial charge in [0, 0.05) is 12.0 Å². The minimum absolute atomic E-state index is 0.0000231. The Bertz CT molecular complexity index is 392. The number of carbonyl (C=O) groups excluding carboxylic acids is 2. The number of rotatable bonds is 4. The highest BCUT2D eigenvalue weighted by atomic mass is 16.1. The van der Waals surface area contributed by atoms with Crippen molar-refractivity contribution in [3.05, 3.63) is 34.9 Å². The van der Waals surface area contributed by atoms with E-state index in [4.69, 9.17) is 0 Å². The van der Waals surface area contributed by atoms with Gasteiger partial charge in [-0.15, -0.1) is 0 Å². The van der Waals surface area contributed by atoms with Gasteiger partial charge in [0.25, 0.3) is 0 Å². The molecule has 0 atom stereocenters. The summed E-state index contributed by atoms with van der Waals surface area (Å²) in [6, 6.07) is 5.66. The number of benzene rings is 1. The lowest BCUT2D eigenvalue weighted by Crippen LogP contribution is -2.08. The summed E-state index contributed by atoms with van der Waals surface area (Å²) in [6.45, 7) is 5.66. The number of hydrogen-bond acceptors (Lipinski definition) is 2. The van der Waals surface area contributed by atoms with Crippen molar-refractivity contribution in [3.63, 3.8) is 0 Å². The maximum absolute atomic E-state index is 11.7. The summed E-state index contributed by atoms with van der Waals surface area (Å²) < 4.78 is 0. The van der Waals surface area contributed by atoms with Gasteiger partial charge in [0.15, 0.2) is 5.78 Å². The van der Waals surface area contributed by atoms with Crippen LogP contribution < -0.4 is 0 Å². The number of aryl methyl sites for hydroxylation is 2. The topological polar surface area (TPSA) is 34.1 Å². The second kappa shape index (κ2) is 4.87. The molecule has 0 aliphatic heterocycles. The molecule has 0 radical (unpaired) electrons. The first kappa shape index (κ1) is 11.6. The fraction of sp³-hybridized carbons (Fsp3) is 0.385. The predicted molar refractivity (Wildman–Crippen MR) is 60.2 cm³/mol. The summed E-state index contributed by atoms with van der Waals surface area (Å²) in [5.41, 5.74) is 2.75. The summed E-state index contributed by atoms with van der Waals surface area (Å²) in [4.78, 5) is 22.9. The number of Topliss-reactive ketones (excluding diaryl/α,β-unsaturated/α-hetero) is 2. The Morgan fingerprint density at radius 2 is 1.87 bits per heavy atom. The molecule has 1 aromatic carbocycles. The Morgan fingerprint density at radius 3 is 2.40 bits per heavy atom. The third-order valence-corrected chi connectivity index (χ3v) is 2.43. The third-order valence-electron chi connectivity index (χ3n) is 2.43. The number of ketones is 2. The van der Waals surface area contributed by atoms with Crippen LogP contribution in [-0.2, 0) is 4.79 Å². The fourth-order valence-electron chi connectivity index (χ4n) is 1.53. The van der Waals surface area contributed by atoms with Crippen LogP contribution in [0, 0.1) is 13.8 Å². The molecule has 2 nitrogen and oxygen atoms in total. The van der Waals surface area contributed by atoms with Crippen molar-refractivity contribution in [2.45, 2.75) is 33.6 Å². The maximum atomic E-state index is 11.7. The van der Waals surface area contributed by atoms with Gasteiger partial charge in [0.1, 0.15) is 5.78 Å². The molecule has 0 spiro atoms. The van der Waals surface area contributed by atoms with Crippen molar-refractivity contribution in [2.24, 2.45) is 0 Å². The zero-order valence-corrected chi connectivity index (χ0v) is 9.46. The highest BCUT2D eigenvalue weighted by molar-refractivity contribution is 6.08. The lowest BCUT2D eigenvalue weighted by molar-refractivity contribution is -0.117. The molecule has 0 fully saturated rings. The van der Waals surface area contributed by atoms with Crippen LogP contribution in [-0.4, -0.2) is 11.6 Å². The zero-order chi connectivity index (χ0) is 11.4. The molecule has 0 N–H and O–H groups in total. The maximum Gasteiger partial charge on any atom is 0.170 e. The molecule has 0 saturated heterocycles. The predicted octanol–water partition coefficient (Wildman–Crippen LogP) is 2.86. The molecular formula is C13H16O2. The van der Waals surface area contributed by atoms with Gasteiger partial charge in [-0.3, -0.25) is 9.59 Å². The van der Waals surface area contributed by atoms with Gasteiger partial charge >= 0.3 is 0 Å². The van der Waals surface area contributed by atoms with Crippen LogP contribution in [0.3, 0.4) is 0 Å². The normalized spacial score (nSPS) is 10.1. The highest BCUT2D eigenvalue weighted by Gasteiger charge is 2.12. The average Bonchev–Trinajstić information content (AvgIpc) is 2.17. The quantitative estimate of drug-likeness (QED) is 0.558. The van der Waals surface area contributed by atoms with Crippen LogP contribution in [0.5, 0.6) is 0 Å². The molecule has 0 unspecified atom stereocenters. The Hall–Kier alpha value is -1.44. The van der Waals surface area contributed by atoms with E-state index in [-0.39, 0.29) is 18.0 Å². The van der Waals surface area contributed by atoms with Gasteiger partial charge in [-0.2, -0.15) is 0 Å². The van der Waals surface area contributed by atoms with E-state index in [2.05, 4.69) is 0 Å². The SMILES string of the molecule is CCC(=O)CC(=O)c1ccc(C)cc1C. The molecule has 0 bridgehead atoms. The van der Waals surface area contributed by atoms with E-state index < -0.39 is 0 Å². The van der Waals surface area contributed by atoms with Crippen molar-refractivity contribution >= 4 is 11.6 Å². The minimum atomic E-state index is -0.0700. The van der Waals surface area contributed by atoms with Gasteiger partial charge in [-0.25, -0.2) is 0 Å². The molecule has 1 aromatic rings. The molecule has 15 heavy (non-hydrogen) atoms. The molecular weight excluding hydrogens is 188 g/mol. The van der Waals surface area contributed by atoms with Crippen molar-refractivity contribution in [1.29, 1.82) is 0 Å². The molecule has 0 amide bonds. The lowest BCUT2D eigenvalue weighted by atomic mass is 9.99. The zero-order valence-electron chi connectivity index (χ0n) is 9.46. The summed E-state index contributed by atoms with van der Waals surface area (Å²) >= 11 is 0. The Kier molecular flexibility index (Phi) is 3.78. The summed E-state index contributed by atoms with van der Waals surface area (Å²) in [7, 11) is 0. The van der Waals surface area contributed by atoms with Crippen molar-refractivity contribution in [3.8, 4) is 0 Å². The Balaban J connectivity index is 2.87. The molecule has 0 aliphatic rings. The van der Waals surface area contributed by atoms with Crippen LogP contribution in [0.4, 0.5) is 0 Å². The van der Waals surface area contributed by atoms with E-state index in [0.717, 1.165) is 11.1 Å². The van der Waals surface area contributed by atoms with E-state index >= 15 is 0 Å². The van der Waals surface area contributed by atoms with E-state index in [1.54, 1.807) is 13.0 Å². The molecule has 0 heterocycles. The molecule has 80 valence electrons. The standard InChI is InChI=1S/C13H16O2/c1-4-11(14)8-13(15)12-6-5-9(2)7-10(12)3/h5-7H,4,8H2,1-3H3. The first-order valence-electron chi connectivity index (χ1n) is 5.16. The van der Waals surface area contributed by atoms with E-state index in [0.29, 0.717) is 12.0 Å². The first-order chi connectivity index (χ1) is 7.04. The molecule has 0 aromatic heterocycles. The van der Waals surface area contributed by atoms with E-state index in [1.165, 1.54) is 0 Å². The van der Waals surface area contributed by atoms with Gasteiger partial charge in [-0.1, -0.05) is 30.7 Å². The van der Waals surface area contributed by atoms with Crippen molar-refractivity contribution < 1.29 is 9.59 Å². The number of hydrogen-bond donors (Lipinski definition) is 0. The fourth-order valence-corrected chi connectivity index (χ4v) is 1.53. The largest absolute Gasteiger partial charge is 0.299 e. The van der Waals surface area contributed by atoms with E-state index in [1.807, 2.05) is 26.0 Å². The van der Waals surface area contributed by atoms with Crippen LogP contribution in [0.15, 0.2) is 18.2 Å². The monoisotopic (exact) mass is 204 g/mol.